The smallest absolute Gasteiger partial charge is 0.0900 e. The maximum atomic E-state index is 10.3. The van der Waals surface area contributed by atoms with Crippen LogP contribution in [-0.4, -0.2) is 46.5 Å². The molecule has 26 heavy (non-hydrogen) atoms. The average Bonchev–Trinajstić information content (AvgIpc) is 3.39. The Bertz CT molecular complexity index is 706. The maximum absolute atomic E-state index is 10.3. The number of aryl methyl sites for hydroxylation is 1. The summed E-state index contributed by atoms with van der Waals surface area (Å²) in [6.45, 7) is 9.05. The van der Waals surface area contributed by atoms with E-state index in [1.54, 1.807) is 6.08 Å². The van der Waals surface area contributed by atoms with Gasteiger partial charge < -0.3 is 14.4 Å². The van der Waals surface area contributed by atoms with Crippen molar-refractivity contribution in [2.24, 2.45) is 0 Å². The van der Waals surface area contributed by atoms with Gasteiger partial charge in [-0.15, -0.1) is 6.58 Å². The number of aliphatic hydroxyl groups is 1. The molecule has 3 rings (SSSR count). The highest BCUT2D eigenvalue weighted by Gasteiger charge is 2.30. The molecule has 1 aliphatic carbocycles. The molecule has 0 spiro atoms. The van der Waals surface area contributed by atoms with E-state index in [2.05, 4.69) is 65.6 Å². The molecule has 2 aromatic rings. The van der Waals surface area contributed by atoms with E-state index >= 15 is 0 Å². The Balaban J connectivity index is 1.62. The summed E-state index contributed by atoms with van der Waals surface area (Å²) in [6.07, 6.45) is 5.84. The Labute approximate surface area is 156 Å². The molecule has 140 valence electrons. The Morgan fingerprint density at radius 1 is 1.31 bits per heavy atom. The van der Waals surface area contributed by atoms with Crippen molar-refractivity contribution in [3.8, 4) is 0 Å². The summed E-state index contributed by atoms with van der Waals surface area (Å²) < 4.78 is 7.71. The zero-order valence-corrected chi connectivity index (χ0v) is 15.7. The van der Waals surface area contributed by atoms with Crippen LogP contribution in [-0.2, 0) is 17.8 Å². The first-order valence-electron chi connectivity index (χ1n) is 9.46. The summed E-state index contributed by atoms with van der Waals surface area (Å²) in [6, 6.07) is 13.4. The largest absolute Gasteiger partial charge is 0.389 e. The van der Waals surface area contributed by atoms with Crippen LogP contribution in [0.3, 0.4) is 0 Å². The number of aliphatic hydroxyl groups excluding tert-OH is 1. The molecular formula is C22H30N2O2. The lowest BCUT2D eigenvalue weighted by Gasteiger charge is -2.25. The van der Waals surface area contributed by atoms with Crippen molar-refractivity contribution >= 4 is 0 Å². The van der Waals surface area contributed by atoms with Crippen molar-refractivity contribution in [2.45, 2.75) is 45.0 Å². The quantitative estimate of drug-likeness (QED) is 0.497. The SMILES string of the molecule is C=CCOCC(O)CN(Cc1cccn1Cc1ccccc1C)C1CC1. The fourth-order valence-corrected chi connectivity index (χ4v) is 3.32. The molecule has 1 unspecified atom stereocenters. The van der Waals surface area contributed by atoms with Crippen molar-refractivity contribution in [3.05, 3.63) is 72.1 Å². The van der Waals surface area contributed by atoms with Gasteiger partial charge in [-0.05, 0) is 43.0 Å². The number of rotatable bonds is 11. The average molecular weight is 354 g/mol. The van der Waals surface area contributed by atoms with E-state index < -0.39 is 6.10 Å². The van der Waals surface area contributed by atoms with Crippen LogP contribution in [0.2, 0.25) is 0 Å². The lowest BCUT2D eigenvalue weighted by molar-refractivity contribution is 0.0223. The van der Waals surface area contributed by atoms with Gasteiger partial charge in [-0.2, -0.15) is 0 Å². The lowest BCUT2D eigenvalue weighted by atomic mass is 10.1. The summed E-state index contributed by atoms with van der Waals surface area (Å²) in [5.74, 6) is 0. The van der Waals surface area contributed by atoms with Crippen molar-refractivity contribution in [1.82, 2.24) is 9.47 Å². The minimum atomic E-state index is -0.463. The van der Waals surface area contributed by atoms with Gasteiger partial charge in [0.2, 0.25) is 0 Å². The molecule has 4 nitrogen and oxygen atoms in total. The van der Waals surface area contributed by atoms with Crippen LogP contribution in [0.25, 0.3) is 0 Å². The van der Waals surface area contributed by atoms with Crippen LogP contribution < -0.4 is 0 Å². The number of hydrogen-bond acceptors (Lipinski definition) is 3. The molecule has 1 fully saturated rings. The van der Waals surface area contributed by atoms with Gasteiger partial charge in [-0.3, -0.25) is 4.90 Å². The normalized spacial score (nSPS) is 15.3. The Morgan fingerprint density at radius 3 is 2.85 bits per heavy atom. The van der Waals surface area contributed by atoms with Crippen LogP contribution >= 0.6 is 0 Å². The second kappa shape index (κ2) is 9.17. The summed E-state index contributed by atoms with van der Waals surface area (Å²) in [5.41, 5.74) is 3.96. The van der Waals surface area contributed by atoms with Gasteiger partial charge in [0.05, 0.1) is 19.3 Å². The van der Waals surface area contributed by atoms with Crippen LogP contribution in [0, 0.1) is 6.92 Å². The van der Waals surface area contributed by atoms with Crippen LogP contribution in [0.1, 0.15) is 29.7 Å². The molecule has 0 radical (unpaired) electrons. The molecule has 1 aromatic heterocycles. The van der Waals surface area contributed by atoms with E-state index in [1.165, 1.54) is 29.7 Å². The van der Waals surface area contributed by atoms with E-state index in [-0.39, 0.29) is 0 Å². The van der Waals surface area contributed by atoms with Gasteiger partial charge in [0, 0.05) is 37.6 Å². The predicted molar refractivity (Wildman–Crippen MR) is 105 cm³/mol. The van der Waals surface area contributed by atoms with Gasteiger partial charge in [0.1, 0.15) is 0 Å². The standard InChI is InChI=1S/C22H30N2O2/c1-3-13-26-17-22(25)16-24(20-10-11-20)15-21-9-6-12-23(21)14-19-8-5-4-7-18(19)2/h3-9,12,20,22,25H,1,10-11,13-17H2,2H3. The first kappa shape index (κ1) is 18.9. The first-order valence-corrected chi connectivity index (χ1v) is 9.46. The fraction of sp³-hybridized carbons (Fsp3) is 0.455. The Kier molecular flexibility index (Phi) is 6.67. The lowest BCUT2D eigenvalue weighted by Crippen LogP contribution is -2.36. The maximum Gasteiger partial charge on any atom is 0.0900 e. The molecule has 1 saturated carbocycles. The van der Waals surface area contributed by atoms with Gasteiger partial charge >= 0.3 is 0 Å². The minimum absolute atomic E-state index is 0.361. The summed E-state index contributed by atoms with van der Waals surface area (Å²) >= 11 is 0. The second-order valence-corrected chi connectivity index (χ2v) is 7.19. The number of ether oxygens (including phenoxy) is 1. The zero-order chi connectivity index (χ0) is 18.4. The van der Waals surface area contributed by atoms with Crippen molar-refractivity contribution < 1.29 is 9.84 Å². The molecule has 4 heteroatoms. The van der Waals surface area contributed by atoms with E-state index in [9.17, 15) is 5.11 Å². The van der Waals surface area contributed by atoms with Crippen molar-refractivity contribution in [2.75, 3.05) is 19.8 Å². The fourth-order valence-electron chi connectivity index (χ4n) is 3.32. The molecule has 0 aliphatic heterocycles. The zero-order valence-electron chi connectivity index (χ0n) is 15.7. The number of benzene rings is 1. The molecule has 1 heterocycles. The highest BCUT2D eigenvalue weighted by atomic mass is 16.5. The molecule has 1 aromatic carbocycles. The molecule has 0 saturated heterocycles. The first-order chi connectivity index (χ1) is 12.7. The van der Waals surface area contributed by atoms with Gasteiger partial charge in [0.15, 0.2) is 0 Å². The third-order valence-corrected chi connectivity index (χ3v) is 4.95. The second-order valence-electron chi connectivity index (χ2n) is 7.19. The van der Waals surface area contributed by atoms with Crippen LogP contribution in [0.15, 0.2) is 55.3 Å². The number of nitrogens with zero attached hydrogens (tertiary/aromatic N) is 2. The molecule has 1 aliphatic rings. The van der Waals surface area contributed by atoms with Crippen LogP contribution in [0.4, 0.5) is 0 Å². The van der Waals surface area contributed by atoms with Crippen LogP contribution in [0.5, 0.6) is 0 Å². The predicted octanol–water partition coefficient (Wildman–Crippen LogP) is 3.37. The monoisotopic (exact) mass is 354 g/mol. The van der Waals surface area contributed by atoms with Gasteiger partial charge in [-0.25, -0.2) is 0 Å². The van der Waals surface area contributed by atoms with E-state index in [1.807, 2.05) is 0 Å². The molecular weight excluding hydrogens is 324 g/mol. The van der Waals surface area contributed by atoms with Crippen molar-refractivity contribution in [3.63, 3.8) is 0 Å². The highest BCUT2D eigenvalue weighted by molar-refractivity contribution is 5.26. The van der Waals surface area contributed by atoms with E-state index in [0.29, 0.717) is 25.8 Å². The molecule has 1 N–H and O–H groups in total. The summed E-state index contributed by atoms with van der Waals surface area (Å²) in [5, 5.41) is 10.3. The van der Waals surface area contributed by atoms with E-state index in [0.717, 1.165) is 13.1 Å². The van der Waals surface area contributed by atoms with Gasteiger partial charge in [-0.1, -0.05) is 30.3 Å². The van der Waals surface area contributed by atoms with Gasteiger partial charge in [0.25, 0.3) is 0 Å². The summed E-state index contributed by atoms with van der Waals surface area (Å²) in [7, 11) is 0. The Morgan fingerprint density at radius 2 is 2.12 bits per heavy atom. The van der Waals surface area contributed by atoms with Crippen molar-refractivity contribution in [1.29, 1.82) is 0 Å². The minimum Gasteiger partial charge on any atom is -0.389 e. The number of hydrogen-bond donors (Lipinski definition) is 1. The molecule has 0 amide bonds. The summed E-state index contributed by atoms with van der Waals surface area (Å²) in [4.78, 5) is 2.39. The van der Waals surface area contributed by atoms with E-state index in [4.69, 9.17) is 4.74 Å². The Hall–Kier alpha value is -1.88. The molecule has 0 bridgehead atoms. The third kappa shape index (κ3) is 5.31. The highest BCUT2D eigenvalue weighted by Crippen LogP contribution is 2.28. The topological polar surface area (TPSA) is 37.6 Å². The third-order valence-electron chi connectivity index (χ3n) is 4.95. The number of aromatic nitrogens is 1. The molecule has 1 atom stereocenters.